The van der Waals surface area contributed by atoms with Gasteiger partial charge < -0.3 is 9.64 Å². The van der Waals surface area contributed by atoms with Crippen LogP contribution >= 0.6 is 0 Å². The number of carbonyl (C=O) groups is 1. The van der Waals surface area contributed by atoms with Crippen molar-refractivity contribution in [3.05, 3.63) is 71.8 Å². The molecule has 0 bridgehead atoms. The Bertz CT molecular complexity index is 901. The quantitative estimate of drug-likeness (QED) is 0.806. The molecule has 0 spiro atoms. The van der Waals surface area contributed by atoms with Crippen molar-refractivity contribution in [2.45, 2.75) is 5.54 Å². The van der Waals surface area contributed by atoms with Gasteiger partial charge in [0, 0.05) is 14.1 Å². The number of likely N-dealkylation sites (N-methyl/N-ethyl adjacent to an activating group) is 1. The third kappa shape index (κ3) is 2.53. The Morgan fingerprint density at radius 2 is 1.46 bits per heavy atom. The lowest BCUT2D eigenvalue weighted by atomic mass is 9.81. The molecule has 8 heteroatoms. The van der Waals surface area contributed by atoms with E-state index in [2.05, 4.69) is 4.40 Å². The van der Waals surface area contributed by atoms with Gasteiger partial charge >= 0.3 is 16.3 Å². The molecule has 1 aliphatic heterocycles. The van der Waals surface area contributed by atoms with Crippen molar-refractivity contribution < 1.29 is 17.9 Å². The van der Waals surface area contributed by atoms with Gasteiger partial charge in [-0.3, -0.25) is 0 Å². The Morgan fingerprint density at radius 3 is 1.85 bits per heavy atom. The van der Waals surface area contributed by atoms with Crippen LogP contribution in [0.3, 0.4) is 0 Å². The van der Waals surface area contributed by atoms with E-state index in [0.29, 0.717) is 15.4 Å². The number of amides is 1. The van der Waals surface area contributed by atoms with Crippen LogP contribution in [0.2, 0.25) is 0 Å². The van der Waals surface area contributed by atoms with Gasteiger partial charge in [-0.15, -0.1) is 4.40 Å². The van der Waals surface area contributed by atoms with Crippen LogP contribution in [0.4, 0.5) is 4.79 Å². The lowest BCUT2D eigenvalue weighted by Gasteiger charge is -2.39. The molecule has 0 radical (unpaired) electrons. The second-order valence-corrected chi connectivity index (χ2v) is 7.41. The van der Waals surface area contributed by atoms with Crippen LogP contribution in [0, 0.1) is 0 Å². The lowest BCUT2D eigenvalue weighted by Crippen LogP contribution is -2.55. The molecular formula is C18H19N3O4S. The zero-order chi connectivity index (χ0) is 18.9. The molecular weight excluding hydrogens is 354 g/mol. The molecule has 136 valence electrons. The third-order valence-electron chi connectivity index (χ3n) is 4.21. The Hall–Kier alpha value is -2.87. The van der Waals surface area contributed by atoms with Gasteiger partial charge in [0.2, 0.25) is 0 Å². The third-order valence-corrected chi connectivity index (χ3v) is 5.50. The summed E-state index contributed by atoms with van der Waals surface area (Å²) in [7, 11) is 0.234. The second kappa shape index (κ2) is 6.45. The van der Waals surface area contributed by atoms with Crippen LogP contribution in [-0.2, 0) is 20.5 Å². The highest BCUT2D eigenvalue weighted by Gasteiger charge is 2.59. The van der Waals surface area contributed by atoms with Gasteiger partial charge in [-0.05, 0) is 11.1 Å². The van der Waals surface area contributed by atoms with Crippen LogP contribution in [0.15, 0.2) is 65.1 Å². The Balaban J connectivity index is 2.46. The highest BCUT2D eigenvalue weighted by atomic mass is 32.2. The van der Waals surface area contributed by atoms with E-state index in [1.165, 1.54) is 0 Å². The Kier molecular flexibility index (Phi) is 4.45. The first-order valence-electron chi connectivity index (χ1n) is 7.88. The van der Waals surface area contributed by atoms with Crippen molar-refractivity contribution in [2.75, 3.05) is 21.2 Å². The second-order valence-electron chi connectivity index (χ2n) is 5.96. The summed E-state index contributed by atoms with van der Waals surface area (Å²) < 4.78 is 35.1. The Labute approximate surface area is 152 Å². The van der Waals surface area contributed by atoms with Crippen molar-refractivity contribution >= 4 is 22.1 Å². The van der Waals surface area contributed by atoms with Crippen molar-refractivity contribution in [3.63, 3.8) is 0 Å². The molecule has 2 aromatic rings. The summed E-state index contributed by atoms with van der Waals surface area (Å²) in [4.78, 5) is 14.2. The van der Waals surface area contributed by atoms with E-state index in [9.17, 15) is 13.2 Å². The standard InChI is InChI=1S/C18H19N3O4S/c1-20(2)16-18(14-10-6-4-7-11-14,15-12-8-5-9-13-15)21(17(22)25-3)26(23,24)19-16/h4-13H,1-3H3. The van der Waals surface area contributed by atoms with Crippen LogP contribution in [0.5, 0.6) is 0 Å². The lowest BCUT2D eigenvalue weighted by molar-refractivity contribution is 0.135. The predicted octanol–water partition coefficient (Wildman–Crippen LogP) is 2.22. The maximum atomic E-state index is 12.9. The Morgan fingerprint density at radius 1 is 1.00 bits per heavy atom. The summed E-state index contributed by atoms with van der Waals surface area (Å²) in [5, 5.41) is 0. The monoisotopic (exact) mass is 373 g/mol. The summed E-state index contributed by atoms with van der Waals surface area (Å²) in [5.41, 5.74) is -0.284. The molecule has 0 aromatic heterocycles. The number of methoxy groups -OCH3 is 1. The minimum Gasteiger partial charge on any atom is -0.452 e. The minimum absolute atomic E-state index is 0.209. The molecule has 3 rings (SSSR count). The van der Waals surface area contributed by atoms with E-state index in [0.717, 1.165) is 7.11 Å². The zero-order valence-electron chi connectivity index (χ0n) is 14.7. The molecule has 0 fully saturated rings. The molecule has 7 nitrogen and oxygen atoms in total. The first-order chi connectivity index (χ1) is 12.4. The largest absolute Gasteiger partial charge is 0.452 e. The molecule has 0 aliphatic carbocycles. The maximum absolute atomic E-state index is 12.9. The predicted molar refractivity (Wildman–Crippen MR) is 97.9 cm³/mol. The van der Waals surface area contributed by atoms with Crippen LogP contribution in [-0.4, -0.2) is 50.8 Å². The van der Waals surface area contributed by atoms with E-state index in [1.807, 2.05) is 12.1 Å². The number of amidine groups is 1. The normalized spacial score (nSPS) is 17.5. The van der Waals surface area contributed by atoms with Crippen LogP contribution < -0.4 is 0 Å². The SMILES string of the molecule is COC(=O)N1C(c2ccccc2)(c2ccccc2)C(N(C)C)=NS1(=O)=O. The molecule has 2 aromatic carbocycles. The van der Waals surface area contributed by atoms with Crippen LogP contribution in [0.25, 0.3) is 0 Å². The number of ether oxygens (including phenoxy) is 1. The summed E-state index contributed by atoms with van der Waals surface area (Å²) in [6.07, 6.45) is -1.00. The molecule has 1 amide bonds. The first kappa shape index (κ1) is 17.9. The topological polar surface area (TPSA) is 79.3 Å². The number of benzene rings is 2. The van der Waals surface area contributed by atoms with Gasteiger partial charge in [-0.1, -0.05) is 60.7 Å². The van der Waals surface area contributed by atoms with Gasteiger partial charge in [0.1, 0.15) is 0 Å². The molecule has 0 saturated heterocycles. The fraction of sp³-hybridized carbons (Fsp3) is 0.222. The van der Waals surface area contributed by atoms with Gasteiger partial charge in [0.15, 0.2) is 11.4 Å². The highest BCUT2D eigenvalue weighted by molar-refractivity contribution is 7.88. The average Bonchev–Trinajstić information content (AvgIpc) is 2.91. The number of hydrogen-bond acceptors (Lipinski definition) is 5. The molecule has 0 atom stereocenters. The van der Waals surface area contributed by atoms with Crippen molar-refractivity contribution in [1.29, 1.82) is 0 Å². The van der Waals surface area contributed by atoms with Gasteiger partial charge in [0.25, 0.3) is 0 Å². The van der Waals surface area contributed by atoms with Crippen molar-refractivity contribution in [2.24, 2.45) is 4.40 Å². The van der Waals surface area contributed by atoms with Gasteiger partial charge in [-0.2, -0.15) is 12.7 Å². The first-order valence-corrected chi connectivity index (χ1v) is 9.27. The number of rotatable bonds is 2. The molecule has 1 heterocycles. The summed E-state index contributed by atoms with van der Waals surface area (Å²) in [5.74, 6) is 0.209. The summed E-state index contributed by atoms with van der Waals surface area (Å²) in [6.45, 7) is 0. The number of carbonyl (C=O) groups excluding carboxylic acids is 1. The van der Waals surface area contributed by atoms with E-state index in [-0.39, 0.29) is 5.84 Å². The number of nitrogens with zero attached hydrogens (tertiary/aromatic N) is 3. The smallest absolute Gasteiger partial charge is 0.426 e. The van der Waals surface area contributed by atoms with Gasteiger partial charge in [-0.25, -0.2) is 4.79 Å². The van der Waals surface area contributed by atoms with Gasteiger partial charge in [0.05, 0.1) is 7.11 Å². The summed E-state index contributed by atoms with van der Waals surface area (Å²) in [6, 6.07) is 17.8. The number of hydrogen-bond donors (Lipinski definition) is 0. The van der Waals surface area contributed by atoms with Crippen molar-refractivity contribution in [3.8, 4) is 0 Å². The van der Waals surface area contributed by atoms with E-state index in [1.54, 1.807) is 67.5 Å². The summed E-state index contributed by atoms with van der Waals surface area (Å²) >= 11 is 0. The fourth-order valence-corrected chi connectivity index (χ4v) is 4.71. The molecule has 0 N–H and O–H groups in total. The average molecular weight is 373 g/mol. The van der Waals surface area contributed by atoms with E-state index < -0.39 is 21.8 Å². The fourth-order valence-electron chi connectivity index (χ4n) is 3.22. The van der Waals surface area contributed by atoms with E-state index in [4.69, 9.17) is 4.74 Å². The zero-order valence-corrected chi connectivity index (χ0v) is 15.5. The molecule has 0 saturated carbocycles. The van der Waals surface area contributed by atoms with Crippen molar-refractivity contribution in [1.82, 2.24) is 9.21 Å². The maximum Gasteiger partial charge on any atom is 0.426 e. The molecule has 0 unspecified atom stereocenters. The highest BCUT2D eigenvalue weighted by Crippen LogP contribution is 2.45. The minimum atomic E-state index is -4.29. The molecule has 26 heavy (non-hydrogen) atoms. The van der Waals surface area contributed by atoms with E-state index >= 15 is 0 Å². The molecule has 1 aliphatic rings. The van der Waals surface area contributed by atoms with Crippen LogP contribution in [0.1, 0.15) is 11.1 Å².